The van der Waals surface area contributed by atoms with Crippen molar-refractivity contribution in [2.24, 2.45) is 0 Å². The van der Waals surface area contributed by atoms with E-state index in [1.165, 1.54) is 22.3 Å². The Hall–Kier alpha value is -6.10. The summed E-state index contributed by atoms with van der Waals surface area (Å²) >= 11 is 0. The SMILES string of the molecule is CC1(C)c2ccccc2-c2cc3c(cc21)oc1cccc(-c2cccc(C#N)c2-n2c4ccccc4c4cc(C#N)ccc42)c13. The molecule has 45 heavy (non-hydrogen) atoms. The third-order valence-corrected chi connectivity index (χ3v) is 9.67. The molecule has 0 N–H and O–H groups in total. The molecule has 2 aromatic heterocycles. The van der Waals surface area contributed by atoms with Crippen molar-refractivity contribution in [3.63, 3.8) is 0 Å². The normalized spacial score (nSPS) is 13.2. The Bertz CT molecular complexity index is 2650. The fraction of sp³-hybridized carbons (Fsp3) is 0.0732. The van der Waals surface area contributed by atoms with Crippen molar-refractivity contribution in [1.82, 2.24) is 4.57 Å². The Morgan fingerprint density at radius 3 is 2.20 bits per heavy atom. The summed E-state index contributed by atoms with van der Waals surface area (Å²) in [5, 5.41) is 24.2. The summed E-state index contributed by atoms with van der Waals surface area (Å²) in [4.78, 5) is 0. The van der Waals surface area contributed by atoms with E-state index in [9.17, 15) is 10.5 Å². The molecule has 0 unspecified atom stereocenters. The topological polar surface area (TPSA) is 65.7 Å². The van der Waals surface area contributed by atoms with Gasteiger partial charge in [-0.05, 0) is 76.3 Å². The number of hydrogen-bond donors (Lipinski definition) is 0. The molecule has 1 aliphatic rings. The molecule has 210 valence electrons. The third kappa shape index (κ3) is 3.34. The van der Waals surface area contributed by atoms with Gasteiger partial charge in [-0.15, -0.1) is 0 Å². The monoisotopic (exact) mass is 575 g/mol. The highest BCUT2D eigenvalue weighted by Crippen LogP contribution is 2.51. The molecule has 0 amide bonds. The fourth-order valence-electron chi connectivity index (χ4n) is 7.62. The predicted octanol–water partition coefficient (Wildman–Crippen LogP) is 10.4. The van der Waals surface area contributed by atoms with Crippen molar-refractivity contribution in [2.45, 2.75) is 19.3 Å². The average Bonchev–Trinajstić information content (AvgIpc) is 3.68. The van der Waals surface area contributed by atoms with Crippen molar-refractivity contribution in [3.8, 4) is 40.1 Å². The fourth-order valence-corrected chi connectivity index (χ4v) is 7.62. The van der Waals surface area contributed by atoms with E-state index < -0.39 is 0 Å². The van der Waals surface area contributed by atoms with E-state index in [-0.39, 0.29) is 5.41 Å². The van der Waals surface area contributed by atoms with Gasteiger partial charge in [-0.3, -0.25) is 0 Å². The Balaban J connectivity index is 1.39. The van der Waals surface area contributed by atoms with Crippen molar-refractivity contribution in [2.75, 3.05) is 0 Å². The molecule has 0 saturated heterocycles. The maximum atomic E-state index is 10.5. The zero-order valence-corrected chi connectivity index (χ0v) is 24.7. The number of benzene rings is 6. The number of para-hydroxylation sites is 2. The molecule has 0 bridgehead atoms. The van der Waals surface area contributed by atoms with Gasteiger partial charge in [0, 0.05) is 32.5 Å². The van der Waals surface area contributed by atoms with Crippen LogP contribution in [0.1, 0.15) is 36.1 Å². The number of fused-ring (bicyclic) bond motifs is 9. The summed E-state index contributed by atoms with van der Waals surface area (Å²) in [7, 11) is 0. The van der Waals surface area contributed by atoms with Crippen molar-refractivity contribution >= 4 is 43.7 Å². The molecule has 1 aliphatic carbocycles. The first-order chi connectivity index (χ1) is 22.0. The second kappa shape index (κ2) is 8.96. The number of nitrogens with zero attached hydrogens (tertiary/aromatic N) is 3. The van der Waals surface area contributed by atoms with Gasteiger partial charge >= 0.3 is 0 Å². The molecule has 4 nitrogen and oxygen atoms in total. The number of rotatable bonds is 2. The van der Waals surface area contributed by atoms with Gasteiger partial charge in [0.25, 0.3) is 0 Å². The minimum Gasteiger partial charge on any atom is -0.456 e. The Morgan fingerprint density at radius 2 is 1.33 bits per heavy atom. The summed E-state index contributed by atoms with van der Waals surface area (Å²) in [6.07, 6.45) is 0. The van der Waals surface area contributed by atoms with Crippen LogP contribution in [0.15, 0.2) is 120 Å². The average molecular weight is 576 g/mol. The van der Waals surface area contributed by atoms with Gasteiger partial charge < -0.3 is 8.98 Å². The number of furan rings is 1. The quantitative estimate of drug-likeness (QED) is 0.206. The van der Waals surface area contributed by atoms with Crippen LogP contribution in [0.3, 0.4) is 0 Å². The van der Waals surface area contributed by atoms with Crippen LogP contribution in [0, 0.1) is 22.7 Å². The van der Waals surface area contributed by atoms with E-state index in [2.05, 4.69) is 91.2 Å². The molecule has 9 rings (SSSR count). The largest absolute Gasteiger partial charge is 0.456 e. The van der Waals surface area contributed by atoms with Crippen molar-refractivity contribution in [1.29, 1.82) is 10.5 Å². The summed E-state index contributed by atoms with van der Waals surface area (Å²) in [5.74, 6) is 0. The summed E-state index contributed by atoms with van der Waals surface area (Å²) in [5.41, 5.74) is 12.5. The van der Waals surface area contributed by atoms with Crippen LogP contribution in [-0.4, -0.2) is 4.57 Å². The Morgan fingerprint density at radius 1 is 0.578 bits per heavy atom. The highest BCUT2D eigenvalue weighted by Gasteiger charge is 2.36. The Kier molecular flexibility index (Phi) is 5.06. The van der Waals surface area contributed by atoms with Crippen LogP contribution in [0.5, 0.6) is 0 Å². The minimum atomic E-state index is -0.127. The molecule has 0 spiro atoms. The number of hydrogen-bond acceptors (Lipinski definition) is 3. The van der Waals surface area contributed by atoms with Crippen LogP contribution in [0.25, 0.3) is 71.7 Å². The van der Waals surface area contributed by atoms with E-state index in [4.69, 9.17) is 4.42 Å². The van der Waals surface area contributed by atoms with Gasteiger partial charge in [0.2, 0.25) is 0 Å². The first-order valence-electron chi connectivity index (χ1n) is 15.1. The van der Waals surface area contributed by atoms with Crippen molar-refractivity contribution in [3.05, 3.63) is 138 Å². The van der Waals surface area contributed by atoms with Gasteiger partial charge in [-0.1, -0.05) is 80.6 Å². The smallest absolute Gasteiger partial charge is 0.136 e. The molecule has 4 heteroatoms. The maximum Gasteiger partial charge on any atom is 0.136 e. The number of aromatic nitrogens is 1. The second-order valence-corrected chi connectivity index (χ2v) is 12.4. The molecular formula is C41H25N3O. The van der Waals surface area contributed by atoms with Crippen LogP contribution >= 0.6 is 0 Å². The maximum absolute atomic E-state index is 10.5. The molecule has 0 aliphatic heterocycles. The molecular weight excluding hydrogens is 550 g/mol. The lowest BCUT2D eigenvalue weighted by Gasteiger charge is -2.21. The van der Waals surface area contributed by atoms with E-state index in [0.717, 1.165) is 60.6 Å². The standard InChI is InChI=1S/C41H25N3O/c1-41(2)33-14-5-3-10-26(33)30-20-32-38(21-34(30)41)45-37-16-8-12-28(39(32)37)29-13-7-9-25(23-43)40(29)44-35-15-6-4-11-27(35)31-19-24(22-42)17-18-36(31)44/h3-21H,1-2H3. The summed E-state index contributed by atoms with van der Waals surface area (Å²) in [6.45, 7) is 4.56. The van der Waals surface area contributed by atoms with E-state index in [0.29, 0.717) is 11.1 Å². The van der Waals surface area contributed by atoms with E-state index in [1.807, 2.05) is 54.6 Å². The molecule has 8 aromatic rings. The lowest BCUT2D eigenvalue weighted by molar-refractivity contribution is 0.647. The van der Waals surface area contributed by atoms with Gasteiger partial charge in [-0.25, -0.2) is 0 Å². The predicted molar refractivity (Wildman–Crippen MR) is 180 cm³/mol. The zero-order valence-electron chi connectivity index (χ0n) is 24.7. The molecule has 0 fully saturated rings. The summed E-state index contributed by atoms with van der Waals surface area (Å²) < 4.78 is 8.76. The molecule has 0 saturated carbocycles. The molecule has 2 heterocycles. The van der Waals surface area contributed by atoms with Crippen LogP contribution in [0.2, 0.25) is 0 Å². The van der Waals surface area contributed by atoms with Gasteiger partial charge in [-0.2, -0.15) is 10.5 Å². The molecule has 6 aromatic carbocycles. The lowest BCUT2D eigenvalue weighted by atomic mass is 9.82. The van der Waals surface area contributed by atoms with Crippen molar-refractivity contribution < 1.29 is 4.42 Å². The first kappa shape index (κ1) is 25.4. The van der Waals surface area contributed by atoms with Gasteiger partial charge in [0.05, 0.1) is 33.9 Å². The van der Waals surface area contributed by atoms with Gasteiger partial charge in [0.15, 0.2) is 0 Å². The van der Waals surface area contributed by atoms with Crippen LogP contribution in [-0.2, 0) is 5.41 Å². The highest BCUT2D eigenvalue weighted by atomic mass is 16.3. The van der Waals surface area contributed by atoms with E-state index in [1.54, 1.807) is 0 Å². The van der Waals surface area contributed by atoms with Crippen LogP contribution in [0.4, 0.5) is 0 Å². The highest BCUT2D eigenvalue weighted by molar-refractivity contribution is 6.16. The third-order valence-electron chi connectivity index (χ3n) is 9.67. The minimum absolute atomic E-state index is 0.127. The van der Waals surface area contributed by atoms with Crippen LogP contribution < -0.4 is 0 Å². The molecule has 0 radical (unpaired) electrons. The second-order valence-electron chi connectivity index (χ2n) is 12.4. The summed E-state index contributed by atoms with van der Waals surface area (Å²) in [6, 6.07) is 44.0. The number of nitriles is 2. The lowest BCUT2D eigenvalue weighted by Crippen LogP contribution is -2.14. The molecule has 0 atom stereocenters. The van der Waals surface area contributed by atoms with Gasteiger partial charge in [0.1, 0.15) is 17.2 Å². The first-order valence-corrected chi connectivity index (χ1v) is 15.1. The van der Waals surface area contributed by atoms with E-state index >= 15 is 0 Å². The Labute approximate surface area is 259 Å². The zero-order chi connectivity index (χ0) is 30.4.